The number of rotatable bonds is 9. The molecule has 1 N–H and O–H groups in total. The molecule has 32 heavy (non-hydrogen) atoms. The van der Waals surface area contributed by atoms with Crippen LogP contribution in [0.3, 0.4) is 0 Å². The van der Waals surface area contributed by atoms with Crippen LogP contribution in [-0.4, -0.2) is 35.4 Å². The Labute approximate surface area is 190 Å². The van der Waals surface area contributed by atoms with Crippen LogP contribution in [0, 0.1) is 5.82 Å². The minimum Gasteiger partial charge on any atom is -0.483 e. The Morgan fingerprint density at radius 1 is 1.06 bits per heavy atom. The zero-order valence-corrected chi connectivity index (χ0v) is 19.1. The van der Waals surface area contributed by atoms with E-state index in [1.54, 1.807) is 25.1 Å². The second-order valence-electron chi connectivity index (χ2n) is 8.76. The van der Waals surface area contributed by atoms with Crippen molar-refractivity contribution in [2.75, 3.05) is 6.61 Å². The molecular formula is C26H33FN2O3. The van der Waals surface area contributed by atoms with E-state index in [0.717, 1.165) is 31.2 Å². The highest BCUT2D eigenvalue weighted by Crippen LogP contribution is 2.26. The molecule has 0 saturated heterocycles. The molecule has 5 nitrogen and oxygen atoms in total. The van der Waals surface area contributed by atoms with Gasteiger partial charge in [-0.05, 0) is 43.4 Å². The van der Waals surface area contributed by atoms with E-state index in [2.05, 4.69) is 19.2 Å². The molecule has 0 bridgehead atoms. The lowest BCUT2D eigenvalue weighted by atomic mass is 10.0. The van der Waals surface area contributed by atoms with Gasteiger partial charge in [-0.25, -0.2) is 4.39 Å². The highest BCUT2D eigenvalue weighted by atomic mass is 19.1. The van der Waals surface area contributed by atoms with E-state index in [9.17, 15) is 14.0 Å². The number of nitrogens with one attached hydrogen (secondary N) is 1. The van der Waals surface area contributed by atoms with Gasteiger partial charge in [-0.2, -0.15) is 0 Å². The summed E-state index contributed by atoms with van der Waals surface area (Å²) in [6.07, 6.45) is 4.10. The number of hydrogen-bond acceptors (Lipinski definition) is 3. The van der Waals surface area contributed by atoms with E-state index in [1.165, 1.54) is 11.0 Å². The summed E-state index contributed by atoms with van der Waals surface area (Å²) in [4.78, 5) is 27.5. The summed E-state index contributed by atoms with van der Waals surface area (Å²) in [5.41, 5.74) is 1.37. The molecule has 1 fully saturated rings. The summed E-state index contributed by atoms with van der Waals surface area (Å²) < 4.78 is 20.2. The summed E-state index contributed by atoms with van der Waals surface area (Å²) in [5, 5.41) is 3.04. The molecule has 0 aliphatic heterocycles. The average Bonchev–Trinajstić information content (AvgIpc) is 3.29. The molecule has 0 radical (unpaired) electrons. The molecule has 2 aromatic rings. The molecule has 0 unspecified atom stereocenters. The quantitative estimate of drug-likeness (QED) is 0.609. The second kappa shape index (κ2) is 11.1. The summed E-state index contributed by atoms with van der Waals surface area (Å²) in [6, 6.07) is 13.3. The third kappa shape index (κ3) is 6.09. The van der Waals surface area contributed by atoms with Crippen LogP contribution in [0.25, 0.3) is 0 Å². The van der Waals surface area contributed by atoms with Crippen molar-refractivity contribution in [3.05, 3.63) is 65.5 Å². The predicted molar refractivity (Wildman–Crippen MR) is 123 cm³/mol. The monoisotopic (exact) mass is 440 g/mol. The predicted octanol–water partition coefficient (Wildman–Crippen LogP) is 4.80. The van der Waals surface area contributed by atoms with Crippen molar-refractivity contribution in [3.8, 4) is 5.75 Å². The first-order valence-corrected chi connectivity index (χ1v) is 11.4. The smallest absolute Gasteiger partial charge is 0.261 e. The molecule has 3 rings (SSSR count). The molecule has 0 spiro atoms. The summed E-state index contributed by atoms with van der Waals surface area (Å²) in [7, 11) is 0. The van der Waals surface area contributed by atoms with Crippen molar-refractivity contribution in [3.63, 3.8) is 0 Å². The Kier molecular flexibility index (Phi) is 8.26. The van der Waals surface area contributed by atoms with Crippen molar-refractivity contribution in [2.24, 2.45) is 0 Å². The van der Waals surface area contributed by atoms with Crippen molar-refractivity contribution in [1.29, 1.82) is 0 Å². The standard InChI is InChI=1S/C26H33FN2O3/c1-18(2)22-13-7-9-15-24(22)32-17-25(30)29(16-20-10-4-8-14-23(20)27)19(3)26(31)28-21-11-5-6-12-21/h4,7-10,13-15,18-19,21H,5-6,11-12,16-17H2,1-3H3,(H,28,31)/t19-/m1/s1. The summed E-state index contributed by atoms with van der Waals surface area (Å²) >= 11 is 0. The molecule has 6 heteroatoms. The van der Waals surface area contributed by atoms with Crippen LogP contribution in [-0.2, 0) is 16.1 Å². The third-order valence-corrected chi connectivity index (χ3v) is 6.06. The number of carbonyl (C=O) groups is 2. The van der Waals surface area contributed by atoms with Gasteiger partial charge in [0, 0.05) is 18.2 Å². The lowest BCUT2D eigenvalue weighted by Gasteiger charge is -2.30. The van der Waals surface area contributed by atoms with Gasteiger partial charge < -0.3 is 15.0 Å². The van der Waals surface area contributed by atoms with E-state index < -0.39 is 11.9 Å². The van der Waals surface area contributed by atoms with Gasteiger partial charge in [0.15, 0.2) is 6.61 Å². The van der Waals surface area contributed by atoms with Gasteiger partial charge in [0.2, 0.25) is 5.91 Å². The number of para-hydroxylation sites is 1. The molecule has 1 saturated carbocycles. The maximum absolute atomic E-state index is 14.3. The van der Waals surface area contributed by atoms with E-state index in [1.807, 2.05) is 24.3 Å². The van der Waals surface area contributed by atoms with Crippen molar-refractivity contribution < 1.29 is 18.7 Å². The van der Waals surface area contributed by atoms with Gasteiger partial charge in [0.05, 0.1) is 0 Å². The van der Waals surface area contributed by atoms with Gasteiger partial charge in [-0.1, -0.05) is 63.1 Å². The molecule has 1 aliphatic rings. The maximum atomic E-state index is 14.3. The fraction of sp³-hybridized carbons (Fsp3) is 0.462. The van der Waals surface area contributed by atoms with Crippen LogP contribution in [0.4, 0.5) is 4.39 Å². The molecular weight excluding hydrogens is 407 g/mol. The van der Waals surface area contributed by atoms with Gasteiger partial charge in [0.1, 0.15) is 17.6 Å². The number of halogens is 1. The molecule has 0 aromatic heterocycles. The number of benzene rings is 2. The van der Waals surface area contributed by atoms with Crippen LogP contribution in [0.1, 0.15) is 63.5 Å². The Morgan fingerprint density at radius 2 is 1.72 bits per heavy atom. The topological polar surface area (TPSA) is 58.6 Å². The highest BCUT2D eigenvalue weighted by Gasteiger charge is 2.29. The fourth-order valence-corrected chi connectivity index (χ4v) is 4.10. The highest BCUT2D eigenvalue weighted by molar-refractivity contribution is 5.88. The normalized spacial score (nSPS) is 14.9. The Hall–Kier alpha value is -2.89. The molecule has 172 valence electrons. The summed E-state index contributed by atoms with van der Waals surface area (Å²) in [6.45, 7) is 5.58. The first-order chi connectivity index (χ1) is 15.4. The third-order valence-electron chi connectivity index (χ3n) is 6.06. The number of hydrogen-bond donors (Lipinski definition) is 1. The van der Waals surface area contributed by atoms with Crippen molar-refractivity contribution >= 4 is 11.8 Å². The zero-order chi connectivity index (χ0) is 23.1. The van der Waals surface area contributed by atoms with Gasteiger partial charge in [0.25, 0.3) is 5.91 Å². The van der Waals surface area contributed by atoms with Crippen molar-refractivity contribution in [1.82, 2.24) is 10.2 Å². The Balaban J connectivity index is 1.75. The van der Waals surface area contributed by atoms with E-state index in [0.29, 0.717) is 11.3 Å². The van der Waals surface area contributed by atoms with Crippen LogP contribution < -0.4 is 10.1 Å². The largest absolute Gasteiger partial charge is 0.483 e. The maximum Gasteiger partial charge on any atom is 0.261 e. The van der Waals surface area contributed by atoms with Gasteiger partial charge in [-0.15, -0.1) is 0 Å². The van der Waals surface area contributed by atoms with Crippen molar-refractivity contribution in [2.45, 2.75) is 71.0 Å². The zero-order valence-electron chi connectivity index (χ0n) is 19.1. The number of amides is 2. The van der Waals surface area contributed by atoms with Gasteiger partial charge >= 0.3 is 0 Å². The number of nitrogens with zero attached hydrogens (tertiary/aromatic N) is 1. The molecule has 1 aliphatic carbocycles. The minimum atomic E-state index is -0.744. The first-order valence-electron chi connectivity index (χ1n) is 11.4. The molecule has 2 aromatic carbocycles. The van der Waals surface area contributed by atoms with Crippen LogP contribution in [0.2, 0.25) is 0 Å². The molecule has 0 heterocycles. The van der Waals surface area contributed by atoms with E-state index in [-0.39, 0.29) is 36.9 Å². The Bertz CT molecular complexity index is 925. The molecule has 1 atom stereocenters. The van der Waals surface area contributed by atoms with Crippen LogP contribution in [0.5, 0.6) is 5.75 Å². The number of ether oxygens (including phenoxy) is 1. The molecule has 2 amide bonds. The van der Waals surface area contributed by atoms with E-state index in [4.69, 9.17) is 4.74 Å². The second-order valence-corrected chi connectivity index (χ2v) is 8.76. The van der Waals surface area contributed by atoms with Gasteiger partial charge in [-0.3, -0.25) is 9.59 Å². The number of carbonyl (C=O) groups excluding carboxylic acids is 2. The minimum absolute atomic E-state index is 0.0000522. The lowest BCUT2D eigenvalue weighted by molar-refractivity contribution is -0.142. The van der Waals surface area contributed by atoms with Crippen LogP contribution in [0.15, 0.2) is 48.5 Å². The summed E-state index contributed by atoms with van der Waals surface area (Å²) in [5.74, 6) is -0.0958. The lowest BCUT2D eigenvalue weighted by Crippen LogP contribution is -2.50. The first kappa shape index (κ1) is 23.8. The average molecular weight is 441 g/mol. The fourth-order valence-electron chi connectivity index (χ4n) is 4.10. The van der Waals surface area contributed by atoms with E-state index >= 15 is 0 Å². The Morgan fingerprint density at radius 3 is 2.41 bits per heavy atom. The SMILES string of the molecule is CC(C)c1ccccc1OCC(=O)N(Cc1ccccc1F)[C@H](C)C(=O)NC1CCCC1. The van der Waals surface area contributed by atoms with Crippen LogP contribution >= 0.6 is 0 Å².